The van der Waals surface area contributed by atoms with E-state index in [2.05, 4.69) is 0 Å². The topological polar surface area (TPSA) is 40.5 Å². The minimum Gasteiger partial charge on any atom is -0.481 e. The highest BCUT2D eigenvalue weighted by atomic mass is 35.5. The highest BCUT2D eigenvalue weighted by Crippen LogP contribution is 2.35. The lowest BCUT2D eigenvalue weighted by Crippen LogP contribution is -2.45. The maximum atomic E-state index is 13.6. The second kappa shape index (κ2) is 4.53. The smallest absolute Gasteiger partial charge is 0.306 e. The third-order valence-corrected chi connectivity index (χ3v) is 3.53. The Morgan fingerprint density at radius 2 is 2.18 bits per heavy atom. The molecule has 1 aliphatic rings. The molecule has 0 radical (unpaired) electrons. The van der Waals surface area contributed by atoms with Crippen molar-refractivity contribution in [2.75, 3.05) is 11.9 Å². The summed E-state index contributed by atoms with van der Waals surface area (Å²) < 4.78 is 13.6. The van der Waals surface area contributed by atoms with E-state index in [1.165, 1.54) is 12.1 Å². The standard InChI is InChI=1S/C12H13ClFNO2/c1-15(9-4-7(5-9)12(16)17)11-6-8(13)2-3-10(11)14/h2-3,6-7,9H,4-5H2,1H3,(H,16,17). The number of rotatable bonds is 3. The van der Waals surface area contributed by atoms with Crippen LogP contribution in [0.2, 0.25) is 5.02 Å². The van der Waals surface area contributed by atoms with Crippen molar-refractivity contribution in [2.24, 2.45) is 5.92 Å². The number of carbonyl (C=O) groups is 1. The van der Waals surface area contributed by atoms with E-state index >= 15 is 0 Å². The van der Waals surface area contributed by atoms with E-state index in [0.717, 1.165) is 0 Å². The molecule has 2 rings (SSSR count). The summed E-state index contributed by atoms with van der Waals surface area (Å²) in [5.74, 6) is -1.42. The average molecular weight is 258 g/mol. The molecule has 1 aliphatic carbocycles. The Morgan fingerprint density at radius 3 is 2.76 bits per heavy atom. The molecule has 1 fully saturated rings. The predicted octanol–water partition coefficient (Wildman–Crippen LogP) is 2.78. The van der Waals surface area contributed by atoms with Crippen molar-refractivity contribution < 1.29 is 14.3 Å². The fourth-order valence-electron chi connectivity index (χ4n) is 2.06. The van der Waals surface area contributed by atoms with Gasteiger partial charge in [0.05, 0.1) is 11.6 Å². The third kappa shape index (κ3) is 2.36. The number of nitrogens with zero attached hydrogens (tertiary/aromatic N) is 1. The van der Waals surface area contributed by atoms with Gasteiger partial charge in [-0.1, -0.05) is 11.6 Å². The SMILES string of the molecule is CN(c1cc(Cl)ccc1F)C1CC(C(=O)O)C1. The van der Waals surface area contributed by atoms with Crippen molar-refractivity contribution in [3.63, 3.8) is 0 Å². The normalized spacial score (nSPS) is 23.0. The molecule has 1 saturated carbocycles. The van der Waals surface area contributed by atoms with Crippen molar-refractivity contribution in [3.05, 3.63) is 29.0 Å². The third-order valence-electron chi connectivity index (χ3n) is 3.30. The number of benzene rings is 1. The molecule has 0 bridgehead atoms. The highest BCUT2D eigenvalue weighted by molar-refractivity contribution is 6.30. The van der Waals surface area contributed by atoms with E-state index < -0.39 is 5.97 Å². The van der Waals surface area contributed by atoms with E-state index in [-0.39, 0.29) is 17.8 Å². The van der Waals surface area contributed by atoms with Crippen LogP contribution in [0.15, 0.2) is 18.2 Å². The minimum atomic E-state index is -0.777. The summed E-state index contributed by atoms with van der Waals surface area (Å²) in [4.78, 5) is 12.5. The zero-order valence-electron chi connectivity index (χ0n) is 9.36. The zero-order valence-corrected chi connectivity index (χ0v) is 10.1. The summed E-state index contributed by atoms with van der Waals surface area (Å²) in [6.45, 7) is 0. The molecule has 0 heterocycles. The van der Waals surface area contributed by atoms with E-state index in [0.29, 0.717) is 23.6 Å². The van der Waals surface area contributed by atoms with E-state index in [9.17, 15) is 9.18 Å². The molecule has 1 aromatic rings. The van der Waals surface area contributed by atoms with Crippen LogP contribution < -0.4 is 4.90 Å². The van der Waals surface area contributed by atoms with Gasteiger partial charge in [0.15, 0.2) is 0 Å². The number of carboxylic acid groups (broad SMARTS) is 1. The molecule has 0 aliphatic heterocycles. The van der Waals surface area contributed by atoms with Gasteiger partial charge in [0, 0.05) is 18.1 Å². The van der Waals surface area contributed by atoms with E-state index in [4.69, 9.17) is 16.7 Å². The van der Waals surface area contributed by atoms with Gasteiger partial charge in [-0.2, -0.15) is 0 Å². The summed E-state index contributed by atoms with van der Waals surface area (Å²) in [5, 5.41) is 9.26. The van der Waals surface area contributed by atoms with Gasteiger partial charge in [-0.3, -0.25) is 4.79 Å². The molecule has 0 saturated heterocycles. The van der Waals surface area contributed by atoms with E-state index in [1.807, 2.05) is 0 Å². The van der Waals surface area contributed by atoms with Gasteiger partial charge in [-0.05, 0) is 31.0 Å². The number of hydrogen-bond acceptors (Lipinski definition) is 2. The molecule has 1 N–H and O–H groups in total. The molecule has 0 aromatic heterocycles. The van der Waals surface area contributed by atoms with Crippen LogP contribution in [0.25, 0.3) is 0 Å². The Morgan fingerprint density at radius 1 is 1.53 bits per heavy atom. The fourth-order valence-corrected chi connectivity index (χ4v) is 2.22. The van der Waals surface area contributed by atoms with Crippen LogP contribution >= 0.6 is 11.6 Å². The van der Waals surface area contributed by atoms with Crippen molar-refractivity contribution in [2.45, 2.75) is 18.9 Å². The molecule has 0 amide bonds. The molecule has 0 atom stereocenters. The Labute approximate surface area is 104 Å². The first-order valence-corrected chi connectivity index (χ1v) is 5.77. The highest BCUT2D eigenvalue weighted by Gasteiger charge is 2.37. The van der Waals surface area contributed by atoms with Crippen molar-refractivity contribution in [1.29, 1.82) is 0 Å². The van der Waals surface area contributed by atoms with Crippen LogP contribution in [0, 0.1) is 11.7 Å². The summed E-state index contributed by atoms with van der Waals surface area (Å²) in [6, 6.07) is 4.45. The number of carboxylic acids is 1. The lowest BCUT2D eigenvalue weighted by Gasteiger charge is -2.40. The van der Waals surface area contributed by atoms with Gasteiger partial charge in [0.1, 0.15) is 5.82 Å². The number of anilines is 1. The summed E-state index contributed by atoms with van der Waals surface area (Å²) in [5.41, 5.74) is 0.423. The van der Waals surface area contributed by atoms with Gasteiger partial charge in [-0.15, -0.1) is 0 Å². The Balaban J connectivity index is 2.08. The Kier molecular flexibility index (Phi) is 3.24. The van der Waals surface area contributed by atoms with E-state index in [1.54, 1.807) is 18.0 Å². The van der Waals surface area contributed by atoms with Crippen LogP contribution in [0.4, 0.5) is 10.1 Å². The Bertz CT molecular complexity index is 446. The number of hydrogen-bond donors (Lipinski definition) is 1. The van der Waals surface area contributed by atoms with Gasteiger partial charge in [0.25, 0.3) is 0 Å². The first kappa shape index (κ1) is 12.2. The lowest BCUT2D eigenvalue weighted by atomic mass is 9.79. The minimum absolute atomic E-state index is 0.0732. The number of aliphatic carboxylic acids is 1. The second-order valence-electron chi connectivity index (χ2n) is 4.37. The lowest BCUT2D eigenvalue weighted by molar-refractivity contribution is -0.145. The molecular formula is C12H13ClFNO2. The maximum absolute atomic E-state index is 13.6. The molecule has 5 heteroatoms. The summed E-state index contributed by atoms with van der Waals surface area (Å²) in [6.07, 6.45) is 1.11. The van der Waals surface area contributed by atoms with Crippen LogP contribution in [0.1, 0.15) is 12.8 Å². The second-order valence-corrected chi connectivity index (χ2v) is 4.80. The van der Waals surface area contributed by atoms with Crippen LogP contribution in [0.3, 0.4) is 0 Å². The molecule has 92 valence electrons. The molecule has 17 heavy (non-hydrogen) atoms. The summed E-state index contributed by atoms with van der Waals surface area (Å²) in [7, 11) is 1.76. The average Bonchev–Trinajstić information content (AvgIpc) is 2.18. The predicted molar refractivity (Wildman–Crippen MR) is 64.0 cm³/mol. The molecular weight excluding hydrogens is 245 g/mol. The van der Waals surface area contributed by atoms with Crippen molar-refractivity contribution in [3.8, 4) is 0 Å². The molecule has 1 aromatic carbocycles. The molecule has 3 nitrogen and oxygen atoms in total. The van der Waals surface area contributed by atoms with Crippen LogP contribution in [-0.4, -0.2) is 24.2 Å². The molecule has 0 unspecified atom stereocenters. The van der Waals surface area contributed by atoms with Gasteiger partial charge >= 0.3 is 5.97 Å². The number of halogens is 2. The quantitative estimate of drug-likeness (QED) is 0.905. The summed E-state index contributed by atoms with van der Waals surface area (Å²) >= 11 is 5.82. The van der Waals surface area contributed by atoms with Crippen molar-refractivity contribution in [1.82, 2.24) is 0 Å². The first-order valence-electron chi connectivity index (χ1n) is 5.39. The Hall–Kier alpha value is -1.29. The van der Waals surface area contributed by atoms with Gasteiger partial charge in [-0.25, -0.2) is 4.39 Å². The maximum Gasteiger partial charge on any atom is 0.306 e. The molecule has 0 spiro atoms. The first-order chi connectivity index (χ1) is 7.99. The van der Waals surface area contributed by atoms with Crippen molar-refractivity contribution >= 4 is 23.3 Å². The van der Waals surface area contributed by atoms with Crippen LogP contribution in [-0.2, 0) is 4.79 Å². The van der Waals surface area contributed by atoms with Gasteiger partial charge < -0.3 is 10.0 Å². The largest absolute Gasteiger partial charge is 0.481 e. The fraction of sp³-hybridized carbons (Fsp3) is 0.417. The van der Waals surface area contributed by atoms with Gasteiger partial charge in [0.2, 0.25) is 0 Å². The zero-order chi connectivity index (χ0) is 12.6. The monoisotopic (exact) mass is 257 g/mol. The van der Waals surface area contributed by atoms with Crippen LogP contribution in [0.5, 0.6) is 0 Å².